The molecule has 28 heavy (non-hydrogen) atoms. The molecule has 1 aliphatic carbocycles. The molecule has 6 heteroatoms. The first kappa shape index (κ1) is 21.1. The molecule has 1 N–H and O–H groups in total. The molecule has 2 heterocycles. The minimum absolute atomic E-state index is 0.0238. The van der Waals surface area contributed by atoms with E-state index >= 15 is 0 Å². The van der Waals surface area contributed by atoms with Crippen LogP contribution in [0.15, 0.2) is 24.3 Å². The zero-order valence-corrected chi connectivity index (χ0v) is 17.3. The van der Waals surface area contributed by atoms with Crippen LogP contribution in [0.3, 0.4) is 0 Å². The van der Waals surface area contributed by atoms with Crippen molar-refractivity contribution in [3.8, 4) is 0 Å². The van der Waals surface area contributed by atoms with Gasteiger partial charge in [0.25, 0.3) is 0 Å². The number of rotatable bonds is 1. The topological polar surface area (TPSA) is 85.4 Å². The average molecular weight is 392 g/mol. The Bertz CT molecular complexity index is 681. The molecular weight excluding hydrogens is 360 g/mol. The number of ether oxygens (including phenoxy) is 3. The van der Waals surface area contributed by atoms with Crippen molar-refractivity contribution in [3.63, 3.8) is 0 Å². The summed E-state index contributed by atoms with van der Waals surface area (Å²) >= 11 is 0. The van der Waals surface area contributed by atoms with Crippen LogP contribution in [0.5, 0.6) is 0 Å². The number of aliphatic hydroxyl groups is 1. The number of fused-ring (bicyclic) bond motifs is 2. The standard InChI is InChI=1S/C22H32O6/c1-13-8-6-9-21(4,25)10-7-11-22(5)17(28-22)12-16-14(2)20(24)27-19(16)18(13)26-15(3)23/h7,10,13,16-19,25H,2,6,8-9,11-12H2,1,3-5H3/b10-7+/t13-,16-,17-,18+,19+,21-,22+/m0/s1. The molecule has 3 aliphatic rings. The lowest BCUT2D eigenvalue weighted by Crippen LogP contribution is -2.40. The SMILES string of the molecule is C=C1C(=O)O[C@H]2[C@H](OC(C)=O)[C@@H](C)CCC[C@](C)(O)/C=C/C[C@@]3(C)O[C@H]3C[C@@H]12. The summed E-state index contributed by atoms with van der Waals surface area (Å²) in [6.45, 7) is 11.1. The summed E-state index contributed by atoms with van der Waals surface area (Å²) in [6.07, 6.45) is 6.10. The third-order valence-electron chi connectivity index (χ3n) is 6.38. The molecular formula is C22H32O6. The Balaban J connectivity index is 1.89. The van der Waals surface area contributed by atoms with Crippen LogP contribution >= 0.6 is 0 Å². The van der Waals surface area contributed by atoms with Crippen LogP contribution in [0.2, 0.25) is 0 Å². The Morgan fingerprint density at radius 3 is 2.79 bits per heavy atom. The fraction of sp³-hybridized carbons (Fsp3) is 0.727. The monoisotopic (exact) mass is 392 g/mol. The maximum atomic E-state index is 12.3. The van der Waals surface area contributed by atoms with Gasteiger partial charge in [0.2, 0.25) is 0 Å². The molecule has 156 valence electrons. The van der Waals surface area contributed by atoms with Crippen molar-refractivity contribution in [2.45, 2.75) is 89.3 Å². The summed E-state index contributed by atoms with van der Waals surface area (Å²) in [5.74, 6) is -1.08. The van der Waals surface area contributed by atoms with Gasteiger partial charge in [-0.25, -0.2) is 4.79 Å². The molecule has 2 aliphatic heterocycles. The Labute approximate surface area is 166 Å². The molecule has 0 aromatic heterocycles. The van der Waals surface area contributed by atoms with Gasteiger partial charge in [0, 0.05) is 18.4 Å². The lowest BCUT2D eigenvalue weighted by molar-refractivity contribution is -0.165. The van der Waals surface area contributed by atoms with E-state index in [0.29, 0.717) is 24.8 Å². The first-order valence-corrected chi connectivity index (χ1v) is 10.2. The van der Waals surface area contributed by atoms with Gasteiger partial charge in [-0.15, -0.1) is 0 Å². The van der Waals surface area contributed by atoms with Crippen molar-refractivity contribution in [2.75, 3.05) is 0 Å². The number of carbonyl (C=O) groups is 2. The Hall–Kier alpha value is -1.66. The van der Waals surface area contributed by atoms with E-state index in [1.165, 1.54) is 6.92 Å². The van der Waals surface area contributed by atoms with E-state index in [1.807, 2.05) is 26.0 Å². The highest BCUT2D eigenvalue weighted by Crippen LogP contribution is 2.47. The molecule has 0 unspecified atom stereocenters. The van der Waals surface area contributed by atoms with Gasteiger partial charge in [0.15, 0.2) is 0 Å². The highest BCUT2D eigenvalue weighted by atomic mass is 16.6. The quantitative estimate of drug-likeness (QED) is 0.319. The Morgan fingerprint density at radius 1 is 1.39 bits per heavy atom. The Kier molecular flexibility index (Phi) is 5.74. The second-order valence-electron chi connectivity index (χ2n) is 9.06. The summed E-state index contributed by atoms with van der Waals surface area (Å²) in [5, 5.41) is 10.6. The highest BCUT2D eigenvalue weighted by Gasteiger charge is 2.56. The van der Waals surface area contributed by atoms with Crippen molar-refractivity contribution in [2.24, 2.45) is 11.8 Å². The van der Waals surface area contributed by atoms with E-state index in [9.17, 15) is 14.7 Å². The number of epoxide rings is 1. The molecule has 0 aromatic rings. The van der Waals surface area contributed by atoms with Gasteiger partial charge in [-0.1, -0.05) is 25.7 Å². The molecule has 0 saturated carbocycles. The summed E-state index contributed by atoms with van der Waals surface area (Å²) < 4.78 is 17.2. The van der Waals surface area contributed by atoms with Gasteiger partial charge < -0.3 is 19.3 Å². The normalized spacial score (nSPS) is 45.2. The van der Waals surface area contributed by atoms with Crippen LogP contribution in [-0.2, 0) is 23.8 Å². The van der Waals surface area contributed by atoms with E-state index in [4.69, 9.17) is 14.2 Å². The summed E-state index contributed by atoms with van der Waals surface area (Å²) in [6, 6.07) is 0. The fourth-order valence-corrected chi connectivity index (χ4v) is 4.48. The molecule has 3 rings (SSSR count). The smallest absolute Gasteiger partial charge is 0.334 e. The summed E-state index contributed by atoms with van der Waals surface area (Å²) in [5.41, 5.74) is -0.786. The van der Waals surface area contributed by atoms with E-state index in [0.717, 1.165) is 12.8 Å². The van der Waals surface area contributed by atoms with Crippen molar-refractivity contribution in [1.29, 1.82) is 0 Å². The van der Waals surface area contributed by atoms with Gasteiger partial charge in [-0.05, 0) is 51.9 Å². The van der Waals surface area contributed by atoms with Gasteiger partial charge in [0.1, 0.15) is 12.2 Å². The van der Waals surface area contributed by atoms with Crippen LogP contribution in [0.1, 0.15) is 59.8 Å². The van der Waals surface area contributed by atoms with Crippen LogP contribution < -0.4 is 0 Å². The number of carbonyl (C=O) groups excluding carboxylic acids is 2. The van der Waals surface area contributed by atoms with Gasteiger partial charge in [-0.3, -0.25) is 4.79 Å². The molecule has 2 fully saturated rings. The van der Waals surface area contributed by atoms with Gasteiger partial charge in [0.05, 0.1) is 17.3 Å². The molecule has 6 nitrogen and oxygen atoms in total. The first-order valence-electron chi connectivity index (χ1n) is 10.2. The lowest BCUT2D eigenvalue weighted by Gasteiger charge is -2.31. The minimum Gasteiger partial charge on any atom is -0.458 e. The zero-order chi connectivity index (χ0) is 20.7. The maximum absolute atomic E-state index is 12.3. The van der Waals surface area contributed by atoms with Gasteiger partial charge >= 0.3 is 11.9 Å². The van der Waals surface area contributed by atoms with E-state index < -0.39 is 29.7 Å². The average Bonchev–Trinajstić information content (AvgIpc) is 3.13. The lowest BCUT2D eigenvalue weighted by atomic mass is 9.81. The predicted octanol–water partition coefficient (Wildman–Crippen LogP) is 3.08. The molecule has 0 bridgehead atoms. The molecule has 0 radical (unpaired) electrons. The second-order valence-corrected chi connectivity index (χ2v) is 9.06. The highest BCUT2D eigenvalue weighted by molar-refractivity contribution is 5.91. The van der Waals surface area contributed by atoms with Crippen LogP contribution in [0, 0.1) is 11.8 Å². The second kappa shape index (κ2) is 7.64. The largest absolute Gasteiger partial charge is 0.458 e. The predicted molar refractivity (Wildman–Crippen MR) is 103 cm³/mol. The first-order chi connectivity index (χ1) is 13.0. The third-order valence-corrected chi connectivity index (χ3v) is 6.38. The zero-order valence-electron chi connectivity index (χ0n) is 17.3. The van der Waals surface area contributed by atoms with Gasteiger partial charge in [-0.2, -0.15) is 0 Å². The molecule has 7 atom stereocenters. The van der Waals surface area contributed by atoms with Crippen molar-refractivity contribution in [1.82, 2.24) is 0 Å². The molecule has 2 saturated heterocycles. The van der Waals surface area contributed by atoms with Crippen LogP contribution in [0.4, 0.5) is 0 Å². The van der Waals surface area contributed by atoms with Crippen LogP contribution in [0.25, 0.3) is 0 Å². The number of esters is 2. The third kappa shape index (κ3) is 4.49. The number of hydrogen-bond acceptors (Lipinski definition) is 6. The van der Waals surface area contributed by atoms with E-state index in [1.54, 1.807) is 6.92 Å². The Morgan fingerprint density at radius 2 is 2.11 bits per heavy atom. The van der Waals surface area contributed by atoms with Crippen molar-refractivity contribution < 1.29 is 28.9 Å². The van der Waals surface area contributed by atoms with Crippen LogP contribution in [-0.4, -0.2) is 46.6 Å². The fourth-order valence-electron chi connectivity index (χ4n) is 4.48. The summed E-state index contributed by atoms with van der Waals surface area (Å²) in [4.78, 5) is 24.0. The summed E-state index contributed by atoms with van der Waals surface area (Å²) in [7, 11) is 0. The van der Waals surface area contributed by atoms with Crippen molar-refractivity contribution >= 4 is 11.9 Å². The van der Waals surface area contributed by atoms with E-state index in [2.05, 4.69) is 6.58 Å². The van der Waals surface area contributed by atoms with Crippen molar-refractivity contribution in [3.05, 3.63) is 24.3 Å². The maximum Gasteiger partial charge on any atom is 0.334 e. The molecule has 0 spiro atoms. The number of hydrogen-bond donors (Lipinski definition) is 1. The minimum atomic E-state index is -0.891. The van der Waals surface area contributed by atoms with E-state index in [-0.39, 0.29) is 23.5 Å². The molecule has 0 aromatic carbocycles. The molecule has 0 amide bonds.